The van der Waals surface area contributed by atoms with E-state index in [1.807, 2.05) is 0 Å². The van der Waals surface area contributed by atoms with Crippen LogP contribution in [0.15, 0.2) is 0 Å². The lowest BCUT2D eigenvalue weighted by Crippen LogP contribution is -2.50. The van der Waals surface area contributed by atoms with Gasteiger partial charge in [0.2, 0.25) is 0 Å². The number of piperidine rings is 1. The van der Waals surface area contributed by atoms with Gasteiger partial charge in [0.25, 0.3) is 0 Å². The Bertz CT molecular complexity index is 276. The highest BCUT2D eigenvalue weighted by Crippen LogP contribution is 2.37. The van der Waals surface area contributed by atoms with E-state index in [0.717, 1.165) is 30.5 Å². The Morgan fingerprint density at radius 3 is 2.68 bits per heavy atom. The zero-order chi connectivity index (χ0) is 13.1. The molecule has 1 N–H and O–H groups in total. The highest BCUT2D eigenvalue weighted by atomic mass is 15.2. The molecule has 0 aromatic carbocycles. The van der Waals surface area contributed by atoms with Crippen LogP contribution in [0, 0.1) is 11.8 Å². The van der Waals surface area contributed by atoms with Crippen molar-refractivity contribution in [3.8, 4) is 0 Å². The molecule has 1 heterocycles. The second-order valence-electron chi connectivity index (χ2n) is 7.10. The summed E-state index contributed by atoms with van der Waals surface area (Å²) in [6.45, 7) is 6.18. The molecule has 0 radical (unpaired) electrons. The first kappa shape index (κ1) is 13.9. The van der Waals surface area contributed by atoms with Crippen molar-refractivity contribution in [3.63, 3.8) is 0 Å². The molecule has 3 fully saturated rings. The van der Waals surface area contributed by atoms with Crippen molar-refractivity contribution in [3.05, 3.63) is 0 Å². The molecule has 2 heteroatoms. The summed E-state index contributed by atoms with van der Waals surface area (Å²) in [7, 11) is 0. The van der Waals surface area contributed by atoms with Crippen molar-refractivity contribution in [2.24, 2.45) is 11.8 Å². The smallest absolute Gasteiger partial charge is 0.0124 e. The van der Waals surface area contributed by atoms with Gasteiger partial charge in [0.05, 0.1) is 0 Å². The minimum absolute atomic E-state index is 0.814. The SMILES string of the molecule is CCNC1CCCC1CN1CCCC2CCCCC21. The van der Waals surface area contributed by atoms with Crippen LogP contribution >= 0.6 is 0 Å². The van der Waals surface area contributed by atoms with Crippen LogP contribution in [0.5, 0.6) is 0 Å². The quantitative estimate of drug-likeness (QED) is 0.837. The molecular formula is C17H32N2. The van der Waals surface area contributed by atoms with E-state index in [1.54, 1.807) is 0 Å². The summed E-state index contributed by atoms with van der Waals surface area (Å²) in [6, 6.07) is 1.76. The van der Waals surface area contributed by atoms with Gasteiger partial charge in [-0.15, -0.1) is 0 Å². The molecule has 0 aromatic rings. The minimum atomic E-state index is 0.814. The monoisotopic (exact) mass is 264 g/mol. The fourth-order valence-electron chi connectivity index (χ4n) is 5.04. The second kappa shape index (κ2) is 6.58. The number of hydrogen-bond acceptors (Lipinski definition) is 2. The maximum Gasteiger partial charge on any atom is 0.0124 e. The fourth-order valence-corrected chi connectivity index (χ4v) is 5.04. The number of hydrogen-bond donors (Lipinski definition) is 1. The van der Waals surface area contributed by atoms with E-state index in [-0.39, 0.29) is 0 Å². The van der Waals surface area contributed by atoms with Crippen LogP contribution in [0.2, 0.25) is 0 Å². The average molecular weight is 264 g/mol. The van der Waals surface area contributed by atoms with Crippen LogP contribution in [0.3, 0.4) is 0 Å². The standard InChI is InChI=1S/C17H32N2/c1-2-18-16-10-5-8-15(16)13-19-12-6-9-14-7-3-4-11-17(14)19/h14-18H,2-13H2,1H3. The summed E-state index contributed by atoms with van der Waals surface area (Å²) in [5, 5.41) is 3.73. The summed E-state index contributed by atoms with van der Waals surface area (Å²) >= 11 is 0. The lowest BCUT2D eigenvalue weighted by molar-refractivity contribution is 0.0454. The molecule has 0 spiro atoms. The topological polar surface area (TPSA) is 15.3 Å². The maximum absolute atomic E-state index is 3.73. The summed E-state index contributed by atoms with van der Waals surface area (Å²) < 4.78 is 0. The van der Waals surface area contributed by atoms with Gasteiger partial charge in [0, 0.05) is 18.6 Å². The average Bonchev–Trinajstić information content (AvgIpc) is 2.87. The van der Waals surface area contributed by atoms with E-state index in [2.05, 4.69) is 17.1 Å². The van der Waals surface area contributed by atoms with Crippen molar-refractivity contribution in [1.29, 1.82) is 0 Å². The molecule has 19 heavy (non-hydrogen) atoms. The third-order valence-electron chi connectivity index (χ3n) is 5.95. The summed E-state index contributed by atoms with van der Waals surface area (Å²) in [5.74, 6) is 1.97. The molecule has 3 aliphatic rings. The van der Waals surface area contributed by atoms with E-state index in [1.165, 1.54) is 70.9 Å². The first-order chi connectivity index (χ1) is 9.38. The van der Waals surface area contributed by atoms with E-state index in [9.17, 15) is 0 Å². The van der Waals surface area contributed by atoms with Gasteiger partial charge in [-0.2, -0.15) is 0 Å². The molecule has 2 nitrogen and oxygen atoms in total. The van der Waals surface area contributed by atoms with Crippen molar-refractivity contribution < 1.29 is 0 Å². The van der Waals surface area contributed by atoms with Crippen LogP contribution in [0.1, 0.15) is 64.7 Å². The number of rotatable bonds is 4. The van der Waals surface area contributed by atoms with Gasteiger partial charge >= 0.3 is 0 Å². The van der Waals surface area contributed by atoms with Crippen LogP contribution in [0.4, 0.5) is 0 Å². The van der Waals surface area contributed by atoms with Gasteiger partial charge in [0.15, 0.2) is 0 Å². The largest absolute Gasteiger partial charge is 0.314 e. The van der Waals surface area contributed by atoms with E-state index < -0.39 is 0 Å². The summed E-state index contributed by atoms with van der Waals surface area (Å²) in [5.41, 5.74) is 0. The van der Waals surface area contributed by atoms with Crippen molar-refractivity contribution in [2.45, 2.75) is 76.8 Å². The Hall–Kier alpha value is -0.0800. The van der Waals surface area contributed by atoms with Crippen molar-refractivity contribution >= 4 is 0 Å². The Morgan fingerprint density at radius 2 is 1.79 bits per heavy atom. The Balaban J connectivity index is 1.58. The zero-order valence-corrected chi connectivity index (χ0v) is 12.7. The third kappa shape index (κ3) is 3.16. The molecule has 2 aliphatic carbocycles. The third-order valence-corrected chi connectivity index (χ3v) is 5.95. The van der Waals surface area contributed by atoms with Crippen LogP contribution in [-0.2, 0) is 0 Å². The number of fused-ring (bicyclic) bond motifs is 1. The summed E-state index contributed by atoms with van der Waals surface area (Å²) in [4.78, 5) is 2.90. The highest BCUT2D eigenvalue weighted by Gasteiger charge is 2.36. The first-order valence-corrected chi connectivity index (χ1v) is 8.86. The van der Waals surface area contributed by atoms with E-state index in [4.69, 9.17) is 0 Å². The molecule has 1 saturated heterocycles. The second-order valence-corrected chi connectivity index (χ2v) is 7.10. The Morgan fingerprint density at radius 1 is 0.947 bits per heavy atom. The Kier molecular flexibility index (Phi) is 4.81. The van der Waals surface area contributed by atoms with Crippen molar-refractivity contribution in [2.75, 3.05) is 19.6 Å². The molecular weight excluding hydrogens is 232 g/mol. The molecule has 1 aliphatic heterocycles. The van der Waals surface area contributed by atoms with Gasteiger partial charge in [0.1, 0.15) is 0 Å². The van der Waals surface area contributed by atoms with E-state index >= 15 is 0 Å². The predicted molar refractivity (Wildman–Crippen MR) is 81.4 cm³/mol. The lowest BCUT2D eigenvalue weighted by Gasteiger charge is -2.45. The fraction of sp³-hybridized carbons (Fsp3) is 1.00. The van der Waals surface area contributed by atoms with Gasteiger partial charge in [-0.05, 0) is 63.5 Å². The normalized spacial score (nSPS) is 40.3. The molecule has 0 aromatic heterocycles. The van der Waals surface area contributed by atoms with Crippen molar-refractivity contribution in [1.82, 2.24) is 10.2 Å². The molecule has 4 unspecified atom stereocenters. The lowest BCUT2D eigenvalue weighted by atomic mass is 9.78. The number of nitrogens with one attached hydrogen (secondary N) is 1. The highest BCUT2D eigenvalue weighted by molar-refractivity contribution is 4.91. The molecule has 4 atom stereocenters. The van der Waals surface area contributed by atoms with Gasteiger partial charge < -0.3 is 5.32 Å². The molecule has 3 rings (SSSR count). The molecule has 0 bridgehead atoms. The van der Waals surface area contributed by atoms with Crippen LogP contribution < -0.4 is 5.32 Å². The van der Waals surface area contributed by atoms with Gasteiger partial charge in [-0.3, -0.25) is 4.90 Å². The van der Waals surface area contributed by atoms with E-state index in [0.29, 0.717) is 0 Å². The zero-order valence-electron chi connectivity index (χ0n) is 12.7. The minimum Gasteiger partial charge on any atom is -0.314 e. The van der Waals surface area contributed by atoms with Gasteiger partial charge in [-0.25, -0.2) is 0 Å². The first-order valence-electron chi connectivity index (χ1n) is 8.86. The molecule has 2 saturated carbocycles. The number of likely N-dealkylation sites (tertiary alicyclic amines) is 1. The Labute approximate surface area is 119 Å². The maximum atomic E-state index is 3.73. The molecule has 110 valence electrons. The summed E-state index contributed by atoms with van der Waals surface area (Å²) in [6.07, 6.45) is 13.3. The molecule has 0 amide bonds. The van der Waals surface area contributed by atoms with Crippen LogP contribution in [0.25, 0.3) is 0 Å². The van der Waals surface area contributed by atoms with Gasteiger partial charge in [-0.1, -0.05) is 26.2 Å². The number of nitrogens with zero attached hydrogens (tertiary/aromatic N) is 1. The van der Waals surface area contributed by atoms with Crippen LogP contribution in [-0.4, -0.2) is 36.6 Å². The predicted octanol–water partition coefficient (Wildman–Crippen LogP) is 3.42.